The van der Waals surface area contributed by atoms with Gasteiger partial charge in [-0.15, -0.1) is 0 Å². The summed E-state index contributed by atoms with van der Waals surface area (Å²) in [7, 11) is 0. The van der Waals surface area contributed by atoms with Gasteiger partial charge in [-0.05, 0) is 36.4 Å². The predicted molar refractivity (Wildman–Crippen MR) is 122 cm³/mol. The Labute approximate surface area is 188 Å². The molecule has 0 fully saturated rings. The first kappa shape index (κ1) is 21.1. The molecular formula is C23H17ClFN5O2. The monoisotopic (exact) mass is 449 g/mol. The third kappa shape index (κ3) is 4.93. The number of anilines is 4. The van der Waals surface area contributed by atoms with Gasteiger partial charge in [0, 0.05) is 29.7 Å². The van der Waals surface area contributed by atoms with E-state index in [0.717, 1.165) is 0 Å². The molecule has 9 heteroatoms. The molecule has 0 unspecified atom stereocenters. The third-order valence-corrected chi connectivity index (χ3v) is 4.62. The number of hydrogen-bond acceptors (Lipinski definition) is 6. The Morgan fingerprint density at radius 2 is 1.78 bits per heavy atom. The van der Waals surface area contributed by atoms with Crippen LogP contribution in [0.2, 0.25) is 5.02 Å². The molecule has 1 amide bonds. The number of nitrogens with two attached hydrogens (primary N) is 1. The Morgan fingerprint density at radius 1 is 0.969 bits per heavy atom. The number of hydrogen-bond donors (Lipinski definition) is 3. The van der Waals surface area contributed by atoms with E-state index in [-0.39, 0.29) is 34.1 Å². The fraction of sp³-hybridized carbons (Fsp3) is 0. The Hall–Kier alpha value is -4.17. The maximum atomic E-state index is 14.7. The van der Waals surface area contributed by atoms with Gasteiger partial charge < -0.3 is 21.1 Å². The summed E-state index contributed by atoms with van der Waals surface area (Å²) in [6, 6.07) is 17.9. The van der Waals surface area contributed by atoms with Gasteiger partial charge in [-0.1, -0.05) is 29.8 Å². The minimum Gasteiger partial charge on any atom is -0.453 e. The molecule has 4 rings (SSSR count). The molecule has 0 bridgehead atoms. The van der Waals surface area contributed by atoms with E-state index in [0.29, 0.717) is 16.9 Å². The van der Waals surface area contributed by atoms with E-state index in [4.69, 9.17) is 22.1 Å². The molecule has 0 spiro atoms. The maximum absolute atomic E-state index is 14.7. The van der Waals surface area contributed by atoms with Crippen molar-refractivity contribution in [3.05, 3.63) is 95.5 Å². The zero-order chi connectivity index (χ0) is 22.5. The van der Waals surface area contributed by atoms with Crippen molar-refractivity contribution in [1.29, 1.82) is 0 Å². The van der Waals surface area contributed by atoms with Crippen LogP contribution in [0, 0.1) is 5.82 Å². The van der Waals surface area contributed by atoms with Crippen LogP contribution in [0.25, 0.3) is 0 Å². The Morgan fingerprint density at radius 3 is 2.56 bits per heavy atom. The molecule has 32 heavy (non-hydrogen) atoms. The molecule has 0 atom stereocenters. The molecule has 4 N–H and O–H groups in total. The van der Waals surface area contributed by atoms with Crippen molar-refractivity contribution in [2.75, 3.05) is 16.4 Å². The van der Waals surface area contributed by atoms with E-state index < -0.39 is 5.82 Å². The number of nitrogens with one attached hydrogen (secondary N) is 2. The highest BCUT2D eigenvalue weighted by molar-refractivity contribution is 6.32. The highest BCUT2D eigenvalue weighted by Gasteiger charge is 2.14. The van der Waals surface area contributed by atoms with Crippen molar-refractivity contribution >= 4 is 40.5 Å². The number of carbonyl (C=O) groups excluding carboxylic acids is 1. The molecule has 2 aromatic carbocycles. The summed E-state index contributed by atoms with van der Waals surface area (Å²) in [6.45, 7) is 0. The Bertz CT molecular complexity index is 1270. The molecule has 0 aliphatic rings. The van der Waals surface area contributed by atoms with Gasteiger partial charge in [0.25, 0.3) is 5.91 Å². The lowest BCUT2D eigenvalue weighted by Crippen LogP contribution is -2.14. The van der Waals surface area contributed by atoms with Gasteiger partial charge in [-0.25, -0.2) is 14.4 Å². The molecule has 0 saturated carbocycles. The van der Waals surface area contributed by atoms with Gasteiger partial charge in [-0.3, -0.25) is 4.79 Å². The first-order valence-corrected chi connectivity index (χ1v) is 9.84. The topological polar surface area (TPSA) is 102 Å². The van der Waals surface area contributed by atoms with Crippen LogP contribution in [0.15, 0.2) is 79.1 Å². The number of halogens is 2. The molecular weight excluding hydrogens is 433 g/mol. The lowest BCUT2D eigenvalue weighted by Gasteiger charge is -2.13. The highest BCUT2D eigenvalue weighted by atomic mass is 35.5. The smallest absolute Gasteiger partial charge is 0.259 e. The van der Waals surface area contributed by atoms with Crippen LogP contribution in [0.4, 0.5) is 27.4 Å². The molecule has 2 heterocycles. The highest BCUT2D eigenvalue weighted by Crippen LogP contribution is 2.33. The van der Waals surface area contributed by atoms with Crippen LogP contribution >= 0.6 is 11.6 Å². The van der Waals surface area contributed by atoms with Gasteiger partial charge in [0.2, 0.25) is 0 Å². The van der Waals surface area contributed by atoms with Crippen LogP contribution in [0.1, 0.15) is 10.4 Å². The van der Waals surface area contributed by atoms with Gasteiger partial charge in [0.1, 0.15) is 16.7 Å². The largest absolute Gasteiger partial charge is 0.453 e. The van der Waals surface area contributed by atoms with Crippen LogP contribution in [0.3, 0.4) is 0 Å². The fourth-order valence-electron chi connectivity index (χ4n) is 2.84. The number of rotatable bonds is 6. The molecule has 4 aromatic rings. The summed E-state index contributed by atoms with van der Waals surface area (Å²) >= 11 is 6.02. The van der Waals surface area contributed by atoms with Crippen molar-refractivity contribution in [3.63, 3.8) is 0 Å². The van der Waals surface area contributed by atoms with Crippen LogP contribution < -0.4 is 21.1 Å². The van der Waals surface area contributed by atoms with Crippen LogP contribution in [-0.4, -0.2) is 15.9 Å². The van der Waals surface area contributed by atoms with Crippen molar-refractivity contribution < 1.29 is 13.9 Å². The number of nitrogens with zero attached hydrogens (tertiary/aromatic N) is 2. The SMILES string of the molecule is Nc1cc(Oc2ccc(Nc3ncccc3C(=O)Nc3ccccc3)cc2F)c(Cl)cn1. The second kappa shape index (κ2) is 9.32. The van der Waals surface area contributed by atoms with E-state index in [2.05, 4.69) is 20.6 Å². The van der Waals surface area contributed by atoms with Crippen molar-refractivity contribution in [1.82, 2.24) is 9.97 Å². The molecule has 2 aromatic heterocycles. The number of carbonyl (C=O) groups is 1. The lowest BCUT2D eigenvalue weighted by atomic mass is 10.2. The number of benzene rings is 2. The minimum absolute atomic E-state index is 0.0499. The number of para-hydroxylation sites is 1. The van der Waals surface area contributed by atoms with E-state index in [9.17, 15) is 9.18 Å². The second-order valence-electron chi connectivity index (χ2n) is 6.63. The minimum atomic E-state index is -0.646. The first-order valence-electron chi connectivity index (χ1n) is 9.46. The number of nitrogen functional groups attached to an aromatic ring is 1. The molecule has 0 aliphatic carbocycles. The lowest BCUT2D eigenvalue weighted by molar-refractivity contribution is 0.102. The zero-order valence-electron chi connectivity index (χ0n) is 16.5. The van der Waals surface area contributed by atoms with E-state index in [1.165, 1.54) is 30.6 Å². The first-order chi connectivity index (χ1) is 15.5. The molecule has 0 saturated heterocycles. The zero-order valence-corrected chi connectivity index (χ0v) is 17.3. The second-order valence-corrected chi connectivity index (χ2v) is 7.04. The summed E-state index contributed by atoms with van der Waals surface area (Å²) in [5.41, 5.74) is 6.95. The van der Waals surface area contributed by atoms with Gasteiger partial charge in [0.15, 0.2) is 17.3 Å². The molecule has 0 aliphatic heterocycles. The van der Waals surface area contributed by atoms with E-state index in [1.807, 2.05) is 18.2 Å². The summed E-state index contributed by atoms with van der Waals surface area (Å²) in [6.07, 6.45) is 2.86. The van der Waals surface area contributed by atoms with Gasteiger partial charge in [0.05, 0.1) is 11.8 Å². The summed E-state index contributed by atoms with van der Waals surface area (Å²) < 4.78 is 20.2. The Balaban J connectivity index is 1.53. The number of aromatic nitrogens is 2. The van der Waals surface area contributed by atoms with Crippen molar-refractivity contribution in [2.45, 2.75) is 0 Å². The van der Waals surface area contributed by atoms with Crippen molar-refractivity contribution in [2.24, 2.45) is 0 Å². The molecule has 0 radical (unpaired) electrons. The van der Waals surface area contributed by atoms with Crippen molar-refractivity contribution in [3.8, 4) is 11.5 Å². The van der Waals surface area contributed by atoms with E-state index >= 15 is 0 Å². The van der Waals surface area contributed by atoms with Crippen LogP contribution in [0.5, 0.6) is 11.5 Å². The van der Waals surface area contributed by atoms with E-state index in [1.54, 1.807) is 30.3 Å². The molecule has 7 nitrogen and oxygen atoms in total. The average molecular weight is 450 g/mol. The number of ether oxygens (including phenoxy) is 1. The normalized spacial score (nSPS) is 10.4. The summed E-state index contributed by atoms with van der Waals surface area (Å²) in [4.78, 5) is 20.7. The predicted octanol–water partition coefficient (Wildman–Crippen LogP) is 5.64. The average Bonchev–Trinajstić information content (AvgIpc) is 2.79. The maximum Gasteiger partial charge on any atom is 0.259 e. The van der Waals surface area contributed by atoms with Crippen LogP contribution in [-0.2, 0) is 0 Å². The molecule has 160 valence electrons. The fourth-order valence-corrected chi connectivity index (χ4v) is 2.98. The summed E-state index contributed by atoms with van der Waals surface area (Å²) in [5.74, 6) is -0.391. The Kier molecular flexibility index (Phi) is 6.14. The third-order valence-electron chi connectivity index (χ3n) is 4.34. The number of amides is 1. The standard InChI is InChI=1S/C23H17ClFN5O2/c24-17-13-28-21(26)12-20(17)32-19-9-8-15(11-18(19)25)29-22-16(7-4-10-27-22)23(31)30-14-5-2-1-3-6-14/h1-13H,(H2,26,28)(H,27,29)(H,30,31). The van der Waals surface area contributed by atoms with Gasteiger partial charge in [-0.2, -0.15) is 0 Å². The quantitative estimate of drug-likeness (QED) is 0.352. The summed E-state index contributed by atoms with van der Waals surface area (Å²) in [5, 5.41) is 5.97. The van der Waals surface area contributed by atoms with Gasteiger partial charge >= 0.3 is 0 Å². The number of pyridine rings is 2.